The molecule has 0 unspecified atom stereocenters. The number of benzene rings is 2. The number of nitrogens with zero attached hydrogens (tertiary/aromatic N) is 1. The number of carbonyl (C=O) groups excluding carboxylic acids is 2. The van der Waals surface area contributed by atoms with Crippen molar-refractivity contribution in [3.63, 3.8) is 0 Å². The summed E-state index contributed by atoms with van der Waals surface area (Å²) in [6.07, 6.45) is 2.27. The molecule has 2 N–H and O–H groups in total. The molecule has 0 saturated carbocycles. The summed E-state index contributed by atoms with van der Waals surface area (Å²) in [5, 5.41) is 11.1. The fourth-order valence-corrected chi connectivity index (χ4v) is 4.24. The van der Waals surface area contributed by atoms with Crippen molar-refractivity contribution < 1.29 is 24.2 Å². The predicted octanol–water partition coefficient (Wildman–Crippen LogP) is 4.05. The largest absolute Gasteiger partial charge is 0.481 e. The number of carbonyl (C=O) groups is 3. The number of aliphatic carboxylic acids is 1. The molecule has 166 valence electrons. The van der Waals surface area contributed by atoms with Crippen LogP contribution in [0.3, 0.4) is 0 Å². The molecular formula is C23H22N2O5S2. The molecule has 7 nitrogen and oxygen atoms in total. The third-order valence-electron chi connectivity index (χ3n) is 4.45. The maximum atomic E-state index is 12.8. The van der Waals surface area contributed by atoms with Gasteiger partial charge in [0.05, 0.1) is 11.3 Å². The average molecular weight is 471 g/mol. The van der Waals surface area contributed by atoms with Crippen LogP contribution in [0.1, 0.15) is 24.8 Å². The molecule has 1 fully saturated rings. The van der Waals surface area contributed by atoms with Gasteiger partial charge in [-0.2, -0.15) is 0 Å². The Kier molecular flexibility index (Phi) is 8.41. The summed E-state index contributed by atoms with van der Waals surface area (Å²) < 4.78 is 6.29. The molecule has 1 aliphatic rings. The van der Waals surface area contributed by atoms with Crippen LogP contribution >= 0.6 is 24.0 Å². The second-order valence-corrected chi connectivity index (χ2v) is 8.59. The van der Waals surface area contributed by atoms with Crippen molar-refractivity contribution in [1.29, 1.82) is 0 Å². The van der Waals surface area contributed by atoms with Crippen LogP contribution in [0.2, 0.25) is 0 Å². The number of thiocarbonyl (C=S) groups is 1. The van der Waals surface area contributed by atoms with E-state index in [9.17, 15) is 14.4 Å². The van der Waals surface area contributed by atoms with E-state index >= 15 is 0 Å². The fourth-order valence-electron chi connectivity index (χ4n) is 2.93. The van der Waals surface area contributed by atoms with Gasteiger partial charge in [-0.15, -0.1) is 0 Å². The van der Waals surface area contributed by atoms with Crippen LogP contribution in [-0.2, 0) is 14.4 Å². The van der Waals surface area contributed by atoms with E-state index in [1.807, 2.05) is 54.6 Å². The standard InChI is InChI=1S/C23H22N2O5S2/c26-20(24-12-11-21(27)28)10-5-13-25-22(29)19(32-23(25)31)15-16-6-4-9-18(14-16)30-17-7-2-1-3-8-17/h1-4,6-9,14-15H,5,10-13H2,(H,24,26)(H,27,28)/b19-15-. The smallest absolute Gasteiger partial charge is 0.305 e. The minimum Gasteiger partial charge on any atom is -0.481 e. The molecule has 0 aliphatic carbocycles. The summed E-state index contributed by atoms with van der Waals surface area (Å²) in [7, 11) is 0. The highest BCUT2D eigenvalue weighted by Crippen LogP contribution is 2.33. The van der Waals surface area contributed by atoms with Gasteiger partial charge in [-0.05, 0) is 42.3 Å². The quantitative estimate of drug-likeness (QED) is 0.399. The van der Waals surface area contributed by atoms with Gasteiger partial charge in [0.25, 0.3) is 5.91 Å². The second-order valence-electron chi connectivity index (χ2n) is 6.92. The molecule has 2 aromatic rings. The molecule has 32 heavy (non-hydrogen) atoms. The number of hydrogen-bond donors (Lipinski definition) is 2. The van der Waals surface area contributed by atoms with E-state index in [1.165, 1.54) is 16.7 Å². The lowest BCUT2D eigenvalue weighted by molar-refractivity contribution is -0.137. The fraction of sp³-hybridized carbons (Fsp3) is 0.217. The van der Waals surface area contributed by atoms with E-state index < -0.39 is 5.97 Å². The number of ether oxygens (including phenoxy) is 1. The van der Waals surface area contributed by atoms with Crippen LogP contribution in [0.5, 0.6) is 11.5 Å². The van der Waals surface area contributed by atoms with Crippen molar-refractivity contribution in [3.05, 3.63) is 65.1 Å². The van der Waals surface area contributed by atoms with E-state index in [2.05, 4.69) is 5.32 Å². The zero-order valence-electron chi connectivity index (χ0n) is 17.2. The number of para-hydroxylation sites is 1. The van der Waals surface area contributed by atoms with Gasteiger partial charge in [0.2, 0.25) is 5.91 Å². The highest BCUT2D eigenvalue weighted by molar-refractivity contribution is 8.26. The SMILES string of the molecule is O=C(O)CCNC(=O)CCCN1C(=O)/C(=C/c2cccc(Oc3ccccc3)c2)SC1=S. The van der Waals surface area contributed by atoms with Crippen LogP contribution in [0, 0.1) is 0 Å². The lowest BCUT2D eigenvalue weighted by atomic mass is 10.2. The highest BCUT2D eigenvalue weighted by Gasteiger charge is 2.31. The number of amides is 2. The first kappa shape index (κ1) is 23.5. The van der Waals surface area contributed by atoms with Crippen molar-refractivity contribution in [3.8, 4) is 11.5 Å². The Morgan fingerprint density at radius 3 is 2.59 bits per heavy atom. The monoisotopic (exact) mass is 470 g/mol. The van der Waals surface area contributed by atoms with Gasteiger partial charge in [0, 0.05) is 19.5 Å². The third-order valence-corrected chi connectivity index (χ3v) is 5.83. The van der Waals surface area contributed by atoms with E-state index in [-0.39, 0.29) is 31.2 Å². The molecule has 0 spiro atoms. The van der Waals surface area contributed by atoms with E-state index in [0.717, 1.165) is 11.3 Å². The van der Waals surface area contributed by atoms with Crippen molar-refractivity contribution in [2.75, 3.05) is 13.1 Å². The zero-order chi connectivity index (χ0) is 22.9. The molecule has 9 heteroatoms. The molecule has 3 rings (SSSR count). The average Bonchev–Trinajstić information content (AvgIpc) is 3.02. The maximum absolute atomic E-state index is 12.8. The van der Waals surface area contributed by atoms with Gasteiger partial charge >= 0.3 is 5.97 Å². The second kappa shape index (κ2) is 11.4. The van der Waals surface area contributed by atoms with Gasteiger partial charge < -0.3 is 15.2 Å². The van der Waals surface area contributed by atoms with E-state index in [4.69, 9.17) is 22.1 Å². The van der Waals surface area contributed by atoms with Crippen molar-refractivity contribution in [2.45, 2.75) is 19.3 Å². The first-order valence-electron chi connectivity index (χ1n) is 9.99. The van der Waals surface area contributed by atoms with E-state index in [1.54, 1.807) is 6.08 Å². The summed E-state index contributed by atoms with van der Waals surface area (Å²) in [5.41, 5.74) is 0.816. The lowest BCUT2D eigenvalue weighted by Gasteiger charge is -2.14. The van der Waals surface area contributed by atoms with Gasteiger partial charge in [0.1, 0.15) is 15.8 Å². The molecule has 1 heterocycles. The topological polar surface area (TPSA) is 95.9 Å². The van der Waals surface area contributed by atoms with Crippen molar-refractivity contribution >= 4 is 52.2 Å². The molecule has 0 atom stereocenters. The van der Waals surface area contributed by atoms with Gasteiger partial charge in [-0.3, -0.25) is 19.3 Å². The van der Waals surface area contributed by atoms with E-state index in [0.29, 0.717) is 27.9 Å². The van der Waals surface area contributed by atoms with Crippen LogP contribution in [0.4, 0.5) is 0 Å². The van der Waals surface area contributed by atoms with Gasteiger partial charge in [-0.1, -0.05) is 54.3 Å². The van der Waals surface area contributed by atoms with Crippen LogP contribution in [-0.4, -0.2) is 45.2 Å². The molecule has 1 aliphatic heterocycles. The Morgan fingerprint density at radius 2 is 1.84 bits per heavy atom. The van der Waals surface area contributed by atoms with Crippen LogP contribution in [0.15, 0.2) is 59.5 Å². The Morgan fingerprint density at radius 1 is 1.09 bits per heavy atom. The molecule has 0 bridgehead atoms. The molecule has 1 saturated heterocycles. The predicted molar refractivity (Wildman–Crippen MR) is 127 cm³/mol. The summed E-state index contributed by atoms with van der Waals surface area (Å²) in [4.78, 5) is 37.0. The Balaban J connectivity index is 1.55. The maximum Gasteiger partial charge on any atom is 0.305 e. The number of rotatable bonds is 10. The minimum atomic E-state index is -0.966. The lowest BCUT2D eigenvalue weighted by Crippen LogP contribution is -2.31. The summed E-state index contributed by atoms with van der Waals surface area (Å²) in [6, 6.07) is 16.9. The number of carboxylic acid groups (broad SMARTS) is 1. The van der Waals surface area contributed by atoms with Crippen LogP contribution < -0.4 is 10.1 Å². The number of nitrogens with one attached hydrogen (secondary N) is 1. The first-order chi connectivity index (χ1) is 15.4. The number of carboxylic acids is 1. The molecule has 0 radical (unpaired) electrons. The van der Waals surface area contributed by atoms with Crippen molar-refractivity contribution in [2.24, 2.45) is 0 Å². The summed E-state index contributed by atoms with van der Waals surface area (Å²) in [6.45, 7) is 0.413. The number of hydrogen-bond acceptors (Lipinski definition) is 6. The first-order valence-corrected chi connectivity index (χ1v) is 11.2. The molecule has 0 aromatic heterocycles. The number of thioether (sulfide) groups is 1. The van der Waals surface area contributed by atoms with Gasteiger partial charge in [0.15, 0.2) is 0 Å². The van der Waals surface area contributed by atoms with Gasteiger partial charge in [-0.25, -0.2) is 0 Å². The van der Waals surface area contributed by atoms with Crippen molar-refractivity contribution in [1.82, 2.24) is 10.2 Å². The Hall–Kier alpha value is -3.17. The molecule has 2 aromatic carbocycles. The minimum absolute atomic E-state index is 0.0883. The summed E-state index contributed by atoms with van der Waals surface area (Å²) in [5.74, 6) is -0.0211. The molecule has 2 amide bonds. The Labute approximate surface area is 195 Å². The zero-order valence-corrected chi connectivity index (χ0v) is 18.8. The summed E-state index contributed by atoms with van der Waals surface area (Å²) >= 11 is 6.56. The molecular weight excluding hydrogens is 448 g/mol. The third kappa shape index (κ3) is 6.93. The highest BCUT2D eigenvalue weighted by atomic mass is 32.2. The normalized spacial score (nSPS) is 14.6. The Bertz CT molecular complexity index is 1040. The van der Waals surface area contributed by atoms with Crippen LogP contribution in [0.25, 0.3) is 6.08 Å².